The first-order valence-electron chi connectivity index (χ1n) is 6.47. The molecule has 3 heterocycles. The lowest BCUT2D eigenvalue weighted by molar-refractivity contribution is -0.144. The van der Waals surface area contributed by atoms with Crippen molar-refractivity contribution in [1.29, 1.82) is 0 Å². The van der Waals surface area contributed by atoms with Crippen LogP contribution in [0.3, 0.4) is 0 Å². The quantitative estimate of drug-likeness (QED) is 0.848. The van der Waals surface area contributed by atoms with E-state index in [9.17, 15) is 22.8 Å². The topological polar surface area (TPSA) is 91.0 Å². The number of fused-ring (bicyclic) bond motifs is 1. The third-order valence-corrected chi connectivity index (χ3v) is 5.24. The SMILES string of the molecule is C[C@]12CCC(=O)N1[C@H](C(=O)Nc1n[nH]c(C(F)(F)F)n1)CS2. The predicted molar refractivity (Wildman–Crippen MR) is 70.7 cm³/mol. The van der Waals surface area contributed by atoms with Gasteiger partial charge < -0.3 is 4.90 Å². The molecule has 0 spiro atoms. The number of halogens is 3. The lowest BCUT2D eigenvalue weighted by atomic mass is 10.2. The zero-order valence-electron chi connectivity index (χ0n) is 11.4. The number of carbonyl (C=O) groups excluding carboxylic acids is 2. The van der Waals surface area contributed by atoms with E-state index in [-0.39, 0.29) is 5.91 Å². The standard InChI is InChI=1S/C11H12F3N5O2S/c1-10-3-2-6(20)19(10)5(4-22-10)7(21)15-9-16-8(17-18-9)11(12,13)14/h5H,2-4H2,1H3,(H2,15,16,17,18,21)/t5-,10-/m0/s1. The summed E-state index contributed by atoms with van der Waals surface area (Å²) in [5.74, 6) is -2.06. The molecule has 2 amide bonds. The average Bonchev–Trinajstić information content (AvgIpc) is 3.06. The normalized spacial score (nSPS) is 28.1. The molecule has 0 aliphatic carbocycles. The van der Waals surface area contributed by atoms with Crippen LogP contribution in [-0.4, -0.2) is 48.6 Å². The number of thioether (sulfide) groups is 1. The van der Waals surface area contributed by atoms with Gasteiger partial charge in [-0.05, 0) is 13.3 Å². The Morgan fingerprint density at radius 3 is 2.91 bits per heavy atom. The van der Waals surface area contributed by atoms with Crippen LogP contribution < -0.4 is 5.32 Å². The number of carbonyl (C=O) groups is 2. The van der Waals surface area contributed by atoms with E-state index < -0.39 is 34.8 Å². The summed E-state index contributed by atoms with van der Waals surface area (Å²) in [6, 6.07) is -0.724. The van der Waals surface area contributed by atoms with Gasteiger partial charge in [-0.2, -0.15) is 18.2 Å². The molecule has 0 unspecified atom stereocenters. The molecule has 2 N–H and O–H groups in total. The van der Waals surface area contributed by atoms with Crippen molar-refractivity contribution in [2.75, 3.05) is 11.1 Å². The van der Waals surface area contributed by atoms with E-state index in [1.54, 1.807) is 5.10 Å². The van der Waals surface area contributed by atoms with Crippen molar-refractivity contribution in [3.63, 3.8) is 0 Å². The minimum absolute atomic E-state index is 0.126. The molecular weight excluding hydrogens is 323 g/mol. The predicted octanol–water partition coefficient (Wildman–Crippen LogP) is 1.22. The second kappa shape index (κ2) is 4.86. The van der Waals surface area contributed by atoms with Crippen LogP contribution in [0.25, 0.3) is 0 Å². The second-order valence-corrected chi connectivity index (χ2v) is 6.76. The number of aromatic amines is 1. The van der Waals surface area contributed by atoms with Crippen LogP contribution in [0, 0.1) is 0 Å². The van der Waals surface area contributed by atoms with Gasteiger partial charge >= 0.3 is 6.18 Å². The number of nitrogens with one attached hydrogen (secondary N) is 2. The molecule has 0 bridgehead atoms. The monoisotopic (exact) mass is 335 g/mol. The molecule has 2 atom stereocenters. The highest BCUT2D eigenvalue weighted by Gasteiger charge is 2.53. The van der Waals surface area contributed by atoms with Crippen molar-refractivity contribution in [2.45, 2.75) is 36.9 Å². The molecule has 11 heteroatoms. The number of H-pyrrole nitrogens is 1. The van der Waals surface area contributed by atoms with E-state index in [1.807, 2.05) is 6.92 Å². The Bertz CT molecular complexity index is 633. The van der Waals surface area contributed by atoms with E-state index in [0.29, 0.717) is 18.6 Å². The molecule has 7 nitrogen and oxygen atoms in total. The molecule has 22 heavy (non-hydrogen) atoms. The fourth-order valence-corrected chi connectivity index (χ4v) is 4.08. The van der Waals surface area contributed by atoms with Crippen LogP contribution in [0.15, 0.2) is 0 Å². The summed E-state index contributed by atoms with van der Waals surface area (Å²) >= 11 is 1.49. The lowest BCUT2D eigenvalue weighted by Gasteiger charge is -2.29. The zero-order valence-corrected chi connectivity index (χ0v) is 12.2. The molecule has 3 rings (SSSR count). The zero-order chi connectivity index (χ0) is 16.1. The molecule has 1 aromatic heterocycles. The van der Waals surface area contributed by atoms with E-state index >= 15 is 0 Å². The molecule has 0 saturated carbocycles. The van der Waals surface area contributed by atoms with Gasteiger partial charge in [0, 0.05) is 12.2 Å². The number of amides is 2. The van der Waals surface area contributed by atoms with E-state index in [1.165, 1.54) is 16.7 Å². The van der Waals surface area contributed by atoms with Crippen molar-refractivity contribution in [2.24, 2.45) is 0 Å². The Labute approximate surface area is 127 Å². The van der Waals surface area contributed by atoms with Crippen LogP contribution in [-0.2, 0) is 15.8 Å². The summed E-state index contributed by atoms with van der Waals surface area (Å²) < 4.78 is 37.2. The van der Waals surface area contributed by atoms with Crippen molar-refractivity contribution in [3.8, 4) is 0 Å². The largest absolute Gasteiger partial charge is 0.451 e. The Morgan fingerprint density at radius 1 is 1.55 bits per heavy atom. The minimum atomic E-state index is -4.66. The summed E-state index contributed by atoms with van der Waals surface area (Å²) in [4.78, 5) is 28.4. The summed E-state index contributed by atoms with van der Waals surface area (Å²) in [7, 11) is 0. The first-order chi connectivity index (χ1) is 10.2. The molecule has 0 radical (unpaired) electrons. The fraction of sp³-hybridized carbons (Fsp3) is 0.636. The van der Waals surface area contributed by atoms with Gasteiger partial charge in [0.25, 0.3) is 0 Å². The Kier molecular flexibility index (Phi) is 3.34. The minimum Gasteiger partial charge on any atom is -0.315 e. The number of aromatic nitrogens is 3. The summed E-state index contributed by atoms with van der Waals surface area (Å²) in [6.45, 7) is 1.88. The highest BCUT2D eigenvalue weighted by atomic mass is 32.2. The van der Waals surface area contributed by atoms with E-state index in [4.69, 9.17) is 0 Å². The Hall–Kier alpha value is -1.78. The van der Waals surface area contributed by atoms with Gasteiger partial charge in [-0.3, -0.25) is 20.0 Å². The molecule has 1 aromatic rings. The number of alkyl halides is 3. The van der Waals surface area contributed by atoms with Crippen molar-refractivity contribution >= 4 is 29.5 Å². The third kappa shape index (κ3) is 2.42. The Balaban J connectivity index is 1.73. The summed E-state index contributed by atoms with van der Waals surface area (Å²) in [5, 5.41) is 7.26. The smallest absolute Gasteiger partial charge is 0.315 e. The van der Waals surface area contributed by atoms with Crippen LogP contribution in [0.4, 0.5) is 19.1 Å². The molecule has 2 aliphatic heterocycles. The molecular formula is C11H12F3N5O2S. The number of anilines is 1. The fourth-order valence-electron chi connectivity index (χ4n) is 2.65. The highest BCUT2D eigenvalue weighted by Crippen LogP contribution is 2.47. The number of hydrogen-bond donors (Lipinski definition) is 2. The van der Waals surface area contributed by atoms with Gasteiger partial charge in [0.2, 0.25) is 23.6 Å². The Morgan fingerprint density at radius 2 is 2.27 bits per heavy atom. The highest BCUT2D eigenvalue weighted by molar-refractivity contribution is 8.01. The van der Waals surface area contributed by atoms with Crippen molar-refractivity contribution < 1.29 is 22.8 Å². The summed E-state index contributed by atoms with van der Waals surface area (Å²) in [6.07, 6.45) is -3.64. The van der Waals surface area contributed by atoms with E-state index in [0.717, 1.165) is 0 Å². The van der Waals surface area contributed by atoms with Crippen molar-refractivity contribution in [1.82, 2.24) is 20.1 Å². The summed E-state index contributed by atoms with van der Waals surface area (Å²) in [5.41, 5.74) is 0. The van der Waals surface area contributed by atoms with Gasteiger partial charge in [0.1, 0.15) is 6.04 Å². The van der Waals surface area contributed by atoms with Gasteiger partial charge in [-0.25, -0.2) is 0 Å². The van der Waals surface area contributed by atoms with Crippen molar-refractivity contribution in [3.05, 3.63) is 5.82 Å². The number of rotatable bonds is 2. The third-order valence-electron chi connectivity index (χ3n) is 3.74. The second-order valence-electron chi connectivity index (χ2n) is 5.26. The maximum Gasteiger partial charge on any atom is 0.451 e. The van der Waals surface area contributed by atoms with E-state index in [2.05, 4.69) is 15.4 Å². The lowest BCUT2D eigenvalue weighted by Crippen LogP contribution is -2.48. The van der Waals surface area contributed by atoms with Gasteiger partial charge in [0.15, 0.2) is 0 Å². The molecule has 120 valence electrons. The molecule has 2 aliphatic rings. The first kappa shape index (κ1) is 15.1. The van der Waals surface area contributed by atoms with Crippen LogP contribution >= 0.6 is 11.8 Å². The van der Waals surface area contributed by atoms with Crippen LogP contribution in [0.5, 0.6) is 0 Å². The number of nitrogens with zero attached hydrogens (tertiary/aromatic N) is 3. The molecule has 0 aromatic carbocycles. The molecule has 2 fully saturated rings. The van der Waals surface area contributed by atoms with Gasteiger partial charge in [-0.15, -0.1) is 16.9 Å². The maximum atomic E-state index is 12.4. The first-order valence-corrected chi connectivity index (χ1v) is 7.46. The van der Waals surface area contributed by atoms with Crippen LogP contribution in [0.2, 0.25) is 0 Å². The molecule has 2 saturated heterocycles. The number of hydrogen-bond acceptors (Lipinski definition) is 5. The maximum absolute atomic E-state index is 12.4. The van der Waals surface area contributed by atoms with Crippen LogP contribution in [0.1, 0.15) is 25.6 Å². The van der Waals surface area contributed by atoms with Gasteiger partial charge in [0.05, 0.1) is 4.87 Å². The average molecular weight is 335 g/mol. The van der Waals surface area contributed by atoms with Gasteiger partial charge in [-0.1, -0.05) is 0 Å².